The van der Waals surface area contributed by atoms with Crippen molar-refractivity contribution < 1.29 is 64.3 Å². The molecule has 1 fully saturated rings. The summed E-state index contributed by atoms with van der Waals surface area (Å²) in [5.41, 5.74) is 0.939. The van der Waals surface area contributed by atoms with E-state index < -0.39 is 12.3 Å². The van der Waals surface area contributed by atoms with Crippen LogP contribution in [-0.4, -0.2) is 12.0 Å². The van der Waals surface area contributed by atoms with Gasteiger partial charge in [-0.2, -0.15) is 0 Å². The van der Waals surface area contributed by atoms with Gasteiger partial charge in [0.05, 0.1) is 10.5 Å². The summed E-state index contributed by atoms with van der Waals surface area (Å²) in [6, 6.07) is 6.26. The van der Waals surface area contributed by atoms with Crippen molar-refractivity contribution in [3.05, 3.63) is 41.0 Å². The molecule has 1 nitrogen and oxygen atoms in total. The van der Waals surface area contributed by atoms with Gasteiger partial charge in [-0.3, -0.25) is 4.98 Å². The second-order valence-corrected chi connectivity index (χ2v) is 5.16. The van der Waals surface area contributed by atoms with Crippen molar-refractivity contribution in [3.63, 3.8) is 0 Å². The Morgan fingerprint density at radius 1 is 1.16 bits per heavy atom. The molecule has 2 aromatic rings. The molecule has 1 aliphatic carbocycles. The number of hydrogen-bond acceptors (Lipinski definition) is 1. The van der Waals surface area contributed by atoms with Gasteiger partial charge in [-0.15, -0.1) is 0 Å². The van der Waals surface area contributed by atoms with Crippen LogP contribution in [-0.2, 0) is 5.31 Å². The van der Waals surface area contributed by atoms with Gasteiger partial charge in [0.2, 0.25) is 0 Å². The van der Waals surface area contributed by atoms with Gasteiger partial charge in [0.1, 0.15) is 0 Å². The van der Waals surface area contributed by atoms with Crippen LogP contribution in [0.4, 0.5) is 12.9 Å². The molecule has 0 amide bonds. The fourth-order valence-electron chi connectivity index (χ4n) is 2.36. The molecule has 7 heteroatoms. The summed E-state index contributed by atoms with van der Waals surface area (Å²) >= 11 is 6.00. The average molecular weight is 310 g/mol. The topological polar surface area (TPSA) is 12.9 Å². The van der Waals surface area contributed by atoms with E-state index >= 15 is 0 Å². The third-order valence-corrected chi connectivity index (χ3v) is 4.01. The summed E-state index contributed by atoms with van der Waals surface area (Å²) in [6.45, 7) is -4.87. The van der Waals surface area contributed by atoms with Crippen molar-refractivity contribution in [2.45, 2.75) is 18.2 Å². The largest absolute Gasteiger partial charge is 1.00 e. The van der Waals surface area contributed by atoms with Crippen LogP contribution < -0.4 is 51.4 Å². The number of aromatic nitrogens is 1. The van der Waals surface area contributed by atoms with Gasteiger partial charge in [-0.1, -0.05) is 42.1 Å². The van der Waals surface area contributed by atoms with E-state index in [4.69, 9.17) is 11.6 Å². The van der Waals surface area contributed by atoms with Gasteiger partial charge in [-0.05, 0) is 17.4 Å². The van der Waals surface area contributed by atoms with Crippen molar-refractivity contribution in [3.8, 4) is 0 Å². The minimum Gasteiger partial charge on any atom is -0.448 e. The second-order valence-electron chi connectivity index (χ2n) is 4.76. The molecule has 0 saturated heterocycles. The van der Waals surface area contributed by atoms with E-state index in [0.29, 0.717) is 21.5 Å². The molecule has 1 saturated carbocycles. The number of hydrogen-bond donors (Lipinski definition) is 0. The predicted molar refractivity (Wildman–Crippen MR) is 66.7 cm³/mol. The molecule has 1 aliphatic rings. The Kier molecular flexibility index (Phi) is 4.42. The minimum absolute atomic E-state index is 0. The summed E-state index contributed by atoms with van der Waals surface area (Å²) in [4.78, 5) is 4.09. The van der Waals surface area contributed by atoms with Gasteiger partial charge < -0.3 is 12.9 Å². The minimum atomic E-state index is -4.87. The van der Waals surface area contributed by atoms with E-state index in [9.17, 15) is 12.9 Å². The Labute approximate surface area is 156 Å². The molecule has 0 aliphatic heterocycles. The van der Waals surface area contributed by atoms with Crippen molar-refractivity contribution in [1.82, 2.24) is 4.98 Å². The maximum atomic E-state index is 13.1. The maximum absolute atomic E-state index is 13.1. The van der Waals surface area contributed by atoms with Gasteiger partial charge in [0, 0.05) is 11.6 Å². The number of halogens is 4. The third kappa shape index (κ3) is 2.63. The number of benzene rings is 1. The first-order valence-electron chi connectivity index (χ1n) is 5.68. The molecule has 0 unspecified atom stereocenters. The molecule has 0 radical (unpaired) electrons. The Bertz CT molecular complexity index is 628. The monoisotopic (exact) mass is 309 g/mol. The number of pyridine rings is 1. The smallest absolute Gasteiger partial charge is 0.448 e. The first kappa shape index (κ1) is 15.8. The summed E-state index contributed by atoms with van der Waals surface area (Å²) in [5.74, 6) is 0. The molecule has 19 heavy (non-hydrogen) atoms. The van der Waals surface area contributed by atoms with Crippen LogP contribution >= 0.6 is 11.6 Å². The van der Waals surface area contributed by atoms with Crippen molar-refractivity contribution >= 4 is 29.5 Å². The summed E-state index contributed by atoms with van der Waals surface area (Å²) < 4.78 is 39.3. The van der Waals surface area contributed by atoms with E-state index in [1.54, 1.807) is 18.3 Å². The Morgan fingerprint density at radius 2 is 1.84 bits per heavy atom. The van der Waals surface area contributed by atoms with Crippen LogP contribution in [0.15, 0.2) is 30.5 Å². The van der Waals surface area contributed by atoms with Crippen LogP contribution in [0.5, 0.6) is 0 Å². The SMILES string of the molecule is F[B-](F)(F)C1(c2ccc3nccc(Cl)c3c2)CC1.[K+]. The number of rotatable bonds is 2. The van der Waals surface area contributed by atoms with Crippen LogP contribution in [0.1, 0.15) is 18.4 Å². The van der Waals surface area contributed by atoms with Crippen molar-refractivity contribution in [2.24, 2.45) is 0 Å². The molecule has 1 aromatic carbocycles. The van der Waals surface area contributed by atoms with Crippen LogP contribution in [0.3, 0.4) is 0 Å². The Morgan fingerprint density at radius 3 is 2.42 bits per heavy atom. The zero-order valence-corrected chi connectivity index (χ0v) is 14.2. The average Bonchev–Trinajstić information content (AvgIpc) is 3.09. The van der Waals surface area contributed by atoms with Crippen molar-refractivity contribution in [2.75, 3.05) is 0 Å². The van der Waals surface area contributed by atoms with E-state index in [2.05, 4.69) is 4.98 Å². The molecular formula is C12H9BClF3KN. The van der Waals surface area contributed by atoms with Crippen LogP contribution in [0.25, 0.3) is 10.9 Å². The van der Waals surface area contributed by atoms with Gasteiger partial charge in [0.15, 0.2) is 0 Å². The van der Waals surface area contributed by atoms with E-state index in [0.717, 1.165) is 0 Å². The normalized spacial score (nSPS) is 17.1. The fourth-order valence-corrected chi connectivity index (χ4v) is 2.57. The Balaban J connectivity index is 0.00000133. The summed E-state index contributed by atoms with van der Waals surface area (Å²) in [7, 11) is 0. The molecule has 94 valence electrons. The zero-order chi connectivity index (χ0) is 13.0. The van der Waals surface area contributed by atoms with Crippen LogP contribution in [0, 0.1) is 0 Å². The van der Waals surface area contributed by atoms with Crippen molar-refractivity contribution in [1.29, 1.82) is 0 Å². The first-order chi connectivity index (χ1) is 8.44. The van der Waals surface area contributed by atoms with Gasteiger partial charge >= 0.3 is 58.4 Å². The first-order valence-corrected chi connectivity index (χ1v) is 6.06. The molecule has 1 aromatic heterocycles. The molecule has 1 heterocycles. The molecular weight excluding hydrogens is 300 g/mol. The zero-order valence-electron chi connectivity index (χ0n) is 10.3. The van der Waals surface area contributed by atoms with Crippen LogP contribution in [0.2, 0.25) is 5.02 Å². The van der Waals surface area contributed by atoms with Gasteiger partial charge in [-0.25, -0.2) is 0 Å². The number of fused-ring (bicyclic) bond motifs is 1. The molecule has 0 N–H and O–H groups in total. The fraction of sp³-hybridized carbons (Fsp3) is 0.250. The van der Waals surface area contributed by atoms with E-state index in [1.165, 1.54) is 12.1 Å². The van der Waals surface area contributed by atoms with Gasteiger partial charge in [0.25, 0.3) is 0 Å². The quantitative estimate of drug-likeness (QED) is 0.762. The third-order valence-electron chi connectivity index (χ3n) is 3.68. The predicted octanol–water partition coefficient (Wildman–Crippen LogP) is 1.31. The summed E-state index contributed by atoms with van der Waals surface area (Å²) in [6.07, 6.45) is 1.91. The molecule has 0 atom stereocenters. The van der Waals surface area contributed by atoms with E-state index in [-0.39, 0.29) is 64.2 Å². The summed E-state index contributed by atoms with van der Waals surface area (Å²) in [5, 5.41) is -0.580. The number of nitrogens with zero attached hydrogens (tertiary/aromatic N) is 1. The second kappa shape index (κ2) is 5.31. The van der Waals surface area contributed by atoms with E-state index in [1.807, 2.05) is 0 Å². The standard InChI is InChI=1S/C12H9BClF3N.K/c14-10-3-6-18-11-2-1-8(7-9(10)11)12(4-5-12)13(15,16)17;/h1-3,6-7H,4-5H2;/q-1;+1. The molecule has 3 rings (SSSR count). The Hall–Kier alpha value is 0.411. The molecule has 0 bridgehead atoms. The maximum Gasteiger partial charge on any atom is 1.00 e. The molecule has 0 spiro atoms.